The van der Waals surface area contributed by atoms with E-state index in [0.717, 1.165) is 33.2 Å². The van der Waals surface area contributed by atoms with Crippen LogP contribution in [-0.2, 0) is 5.41 Å². The topological polar surface area (TPSA) is 26.0 Å². The quantitative estimate of drug-likeness (QED) is 0.253. The van der Waals surface area contributed by atoms with E-state index in [1.54, 1.807) is 0 Å². The summed E-state index contributed by atoms with van der Waals surface area (Å²) in [6, 6.07) is 38.5. The van der Waals surface area contributed by atoms with Crippen LogP contribution in [0.15, 0.2) is 120 Å². The van der Waals surface area contributed by atoms with Gasteiger partial charge in [0.1, 0.15) is 11.2 Å². The summed E-state index contributed by atoms with van der Waals surface area (Å²) in [5.41, 5.74) is 8.68. The number of hydrogen-bond donors (Lipinski definition) is 0. The molecule has 0 fully saturated rings. The van der Waals surface area contributed by atoms with E-state index in [1.807, 2.05) is 6.20 Å². The molecule has 0 aliphatic carbocycles. The molecule has 6 aromatic rings. The number of para-hydroxylation sites is 1. The number of benzene rings is 4. The lowest BCUT2D eigenvalue weighted by Gasteiger charge is -2.26. The summed E-state index contributed by atoms with van der Waals surface area (Å²) in [4.78, 5) is 4.76. The van der Waals surface area contributed by atoms with Gasteiger partial charge in [-0.3, -0.25) is 4.98 Å². The van der Waals surface area contributed by atoms with E-state index in [4.69, 9.17) is 9.40 Å². The highest BCUT2D eigenvalue weighted by atomic mass is 16.3. The standard InChI is InChI=1S/C34H29NO/c1-23(24-11-6-4-7-12-24)25-17-18-28-29-15-10-16-30(33(29)36-32(28)21-25)31-22-27(19-20-35-31)34(2,3)26-13-8-5-9-14-26/h4-23H,1-3H3. The van der Waals surface area contributed by atoms with Crippen molar-refractivity contribution in [3.05, 3.63) is 138 Å². The Kier molecular flexibility index (Phi) is 5.45. The molecule has 1 atom stereocenters. The molecule has 176 valence electrons. The van der Waals surface area contributed by atoms with E-state index in [1.165, 1.54) is 22.3 Å². The molecule has 0 radical (unpaired) electrons. The van der Waals surface area contributed by atoms with Crippen LogP contribution >= 0.6 is 0 Å². The van der Waals surface area contributed by atoms with E-state index >= 15 is 0 Å². The minimum atomic E-state index is -0.136. The van der Waals surface area contributed by atoms with Gasteiger partial charge in [0, 0.05) is 33.9 Å². The largest absolute Gasteiger partial charge is 0.455 e. The Morgan fingerprint density at radius 3 is 2.19 bits per heavy atom. The van der Waals surface area contributed by atoms with Gasteiger partial charge in [0.15, 0.2) is 0 Å². The van der Waals surface area contributed by atoms with Crippen molar-refractivity contribution in [1.29, 1.82) is 0 Å². The van der Waals surface area contributed by atoms with E-state index in [9.17, 15) is 0 Å². The molecule has 0 saturated heterocycles. The van der Waals surface area contributed by atoms with Gasteiger partial charge in [-0.25, -0.2) is 0 Å². The zero-order valence-corrected chi connectivity index (χ0v) is 20.9. The molecule has 2 nitrogen and oxygen atoms in total. The summed E-state index contributed by atoms with van der Waals surface area (Å²) in [7, 11) is 0. The third-order valence-electron chi connectivity index (χ3n) is 7.58. The Balaban J connectivity index is 1.44. The molecule has 0 spiro atoms. The van der Waals surface area contributed by atoms with Crippen LogP contribution in [0.3, 0.4) is 0 Å². The first-order valence-corrected chi connectivity index (χ1v) is 12.5. The first-order chi connectivity index (χ1) is 17.5. The van der Waals surface area contributed by atoms with Crippen LogP contribution < -0.4 is 0 Å². The van der Waals surface area contributed by atoms with Crippen LogP contribution in [0.25, 0.3) is 33.2 Å². The highest BCUT2D eigenvalue weighted by Crippen LogP contribution is 2.38. The summed E-state index contributed by atoms with van der Waals surface area (Å²) < 4.78 is 6.53. The second-order valence-corrected chi connectivity index (χ2v) is 10.1. The fourth-order valence-electron chi connectivity index (χ4n) is 5.21. The minimum Gasteiger partial charge on any atom is -0.455 e. The summed E-state index contributed by atoms with van der Waals surface area (Å²) in [5.74, 6) is 0.293. The second kappa shape index (κ2) is 8.80. The number of furan rings is 1. The monoisotopic (exact) mass is 467 g/mol. The third kappa shape index (κ3) is 3.79. The molecule has 0 N–H and O–H groups in total. The van der Waals surface area contributed by atoms with Crippen molar-refractivity contribution in [3.8, 4) is 11.3 Å². The predicted molar refractivity (Wildman–Crippen MR) is 149 cm³/mol. The van der Waals surface area contributed by atoms with Crippen LogP contribution in [0, 0.1) is 0 Å². The predicted octanol–water partition coefficient (Wildman–Crippen LogP) is 9.13. The summed E-state index contributed by atoms with van der Waals surface area (Å²) in [5, 5.41) is 2.26. The van der Waals surface area contributed by atoms with Gasteiger partial charge in [0.2, 0.25) is 0 Å². The maximum Gasteiger partial charge on any atom is 0.144 e. The normalized spacial score (nSPS) is 12.8. The van der Waals surface area contributed by atoms with E-state index < -0.39 is 0 Å². The summed E-state index contributed by atoms with van der Waals surface area (Å²) in [6.07, 6.45) is 1.91. The van der Waals surface area contributed by atoms with Crippen molar-refractivity contribution in [1.82, 2.24) is 4.98 Å². The van der Waals surface area contributed by atoms with Crippen LogP contribution in [-0.4, -0.2) is 4.98 Å². The fourth-order valence-corrected chi connectivity index (χ4v) is 5.21. The number of nitrogens with zero attached hydrogens (tertiary/aromatic N) is 1. The SMILES string of the molecule is CC(c1ccccc1)c1ccc2c(c1)oc1c(-c3cc(C(C)(C)c4ccccc4)ccn3)cccc12. The molecular weight excluding hydrogens is 438 g/mol. The lowest BCUT2D eigenvalue weighted by molar-refractivity contribution is 0.640. The van der Waals surface area contributed by atoms with Crippen molar-refractivity contribution in [2.75, 3.05) is 0 Å². The van der Waals surface area contributed by atoms with Crippen LogP contribution in [0.4, 0.5) is 0 Å². The average molecular weight is 468 g/mol. The molecular formula is C34H29NO. The Morgan fingerprint density at radius 1 is 0.667 bits per heavy atom. The minimum absolute atomic E-state index is 0.136. The maximum atomic E-state index is 6.53. The van der Waals surface area contributed by atoms with Gasteiger partial charge in [-0.05, 0) is 46.5 Å². The number of aromatic nitrogens is 1. The van der Waals surface area contributed by atoms with E-state index in [2.05, 4.69) is 130 Å². The van der Waals surface area contributed by atoms with Crippen molar-refractivity contribution in [3.63, 3.8) is 0 Å². The molecule has 2 heteroatoms. The molecule has 1 unspecified atom stereocenters. The third-order valence-corrected chi connectivity index (χ3v) is 7.58. The highest BCUT2D eigenvalue weighted by molar-refractivity contribution is 6.09. The van der Waals surface area contributed by atoms with Gasteiger partial charge in [-0.1, -0.05) is 106 Å². The van der Waals surface area contributed by atoms with Gasteiger partial charge in [-0.2, -0.15) is 0 Å². The van der Waals surface area contributed by atoms with Crippen LogP contribution in [0.5, 0.6) is 0 Å². The lowest BCUT2D eigenvalue weighted by Crippen LogP contribution is -2.18. The molecule has 0 bridgehead atoms. The molecule has 36 heavy (non-hydrogen) atoms. The molecule has 4 aromatic carbocycles. The Labute approximate surface area is 212 Å². The first kappa shape index (κ1) is 22.3. The van der Waals surface area contributed by atoms with Gasteiger partial charge in [-0.15, -0.1) is 0 Å². The number of fused-ring (bicyclic) bond motifs is 3. The van der Waals surface area contributed by atoms with Gasteiger partial charge in [0.25, 0.3) is 0 Å². The second-order valence-electron chi connectivity index (χ2n) is 10.1. The first-order valence-electron chi connectivity index (χ1n) is 12.5. The molecule has 6 rings (SSSR count). The van der Waals surface area contributed by atoms with Crippen LogP contribution in [0.2, 0.25) is 0 Å². The van der Waals surface area contributed by atoms with Crippen molar-refractivity contribution >= 4 is 21.9 Å². The van der Waals surface area contributed by atoms with E-state index in [0.29, 0.717) is 5.92 Å². The molecule has 0 aliphatic heterocycles. The lowest BCUT2D eigenvalue weighted by atomic mass is 9.78. The van der Waals surface area contributed by atoms with Crippen molar-refractivity contribution in [2.45, 2.75) is 32.1 Å². The highest BCUT2D eigenvalue weighted by Gasteiger charge is 2.24. The fraction of sp³-hybridized carbons (Fsp3) is 0.147. The molecule has 2 aromatic heterocycles. The molecule has 2 heterocycles. The number of hydrogen-bond acceptors (Lipinski definition) is 2. The zero-order valence-electron chi connectivity index (χ0n) is 20.9. The Bertz CT molecular complexity index is 1660. The molecule has 0 saturated carbocycles. The number of rotatable bonds is 5. The summed E-state index contributed by atoms with van der Waals surface area (Å²) in [6.45, 7) is 6.77. The maximum absolute atomic E-state index is 6.53. The molecule has 0 aliphatic rings. The van der Waals surface area contributed by atoms with E-state index in [-0.39, 0.29) is 5.41 Å². The van der Waals surface area contributed by atoms with Crippen molar-refractivity contribution in [2.24, 2.45) is 0 Å². The number of pyridine rings is 1. The summed E-state index contributed by atoms with van der Waals surface area (Å²) >= 11 is 0. The van der Waals surface area contributed by atoms with Gasteiger partial charge >= 0.3 is 0 Å². The molecule has 0 amide bonds. The Hall–Kier alpha value is -4.17. The zero-order chi connectivity index (χ0) is 24.7. The average Bonchev–Trinajstić information content (AvgIpc) is 3.32. The van der Waals surface area contributed by atoms with Gasteiger partial charge in [0.05, 0.1) is 5.69 Å². The Morgan fingerprint density at radius 2 is 1.42 bits per heavy atom. The van der Waals surface area contributed by atoms with Crippen molar-refractivity contribution < 1.29 is 4.42 Å². The van der Waals surface area contributed by atoms with Gasteiger partial charge < -0.3 is 4.42 Å². The van der Waals surface area contributed by atoms with Crippen LogP contribution in [0.1, 0.15) is 48.9 Å². The smallest absolute Gasteiger partial charge is 0.144 e.